The standard InChI is InChI=1S/C19H28O/c1-18-9-5-7-14(18)17-15(8-11-18)19(2)10-4-3-6-13(19)12-16(17)20/h3-4,13-15,17H,5-12H2,1-2H3/t13-,14-,15-,17+,18-,19-/m1/s1. The van der Waals surface area contributed by atoms with E-state index >= 15 is 0 Å². The van der Waals surface area contributed by atoms with Gasteiger partial charge in [0.25, 0.3) is 0 Å². The van der Waals surface area contributed by atoms with Crippen LogP contribution in [0.1, 0.15) is 65.2 Å². The van der Waals surface area contributed by atoms with Crippen molar-refractivity contribution in [1.29, 1.82) is 0 Å². The van der Waals surface area contributed by atoms with Gasteiger partial charge in [-0.2, -0.15) is 0 Å². The van der Waals surface area contributed by atoms with Crippen LogP contribution in [0.25, 0.3) is 0 Å². The number of Topliss-reactive ketones (excluding diaryl/α,β-unsaturated/α-hetero) is 1. The zero-order valence-electron chi connectivity index (χ0n) is 13.0. The molecule has 0 spiro atoms. The first kappa shape index (κ1) is 13.1. The predicted octanol–water partition coefficient (Wildman–Crippen LogP) is 4.76. The SMILES string of the molecule is C[C@]12CCC[C@@H]1[C@@H]1C(=O)C[C@H]3CC=CC[C@@]3(C)[C@@H]1CC2. The Kier molecular flexibility index (Phi) is 2.76. The molecule has 0 amide bonds. The Morgan fingerprint density at radius 1 is 1.10 bits per heavy atom. The van der Waals surface area contributed by atoms with Crippen LogP contribution in [0.5, 0.6) is 0 Å². The average Bonchev–Trinajstić information content (AvgIpc) is 2.81. The molecule has 1 heteroatoms. The number of hydrogen-bond acceptors (Lipinski definition) is 1. The van der Waals surface area contributed by atoms with E-state index < -0.39 is 0 Å². The average molecular weight is 272 g/mol. The summed E-state index contributed by atoms with van der Waals surface area (Å²) in [6, 6.07) is 0. The van der Waals surface area contributed by atoms with E-state index in [2.05, 4.69) is 26.0 Å². The zero-order valence-corrected chi connectivity index (χ0v) is 13.0. The van der Waals surface area contributed by atoms with Crippen LogP contribution in [0, 0.1) is 34.5 Å². The van der Waals surface area contributed by atoms with Crippen LogP contribution in [0.2, 0.25) is 0 Å². The fourth-order valence-electron chi connectivity index (χ4n) is 6.50. The molecule has 110 valence electrons. The minimum atomic E-state index is 0.406. The molecule has 20 heavy (non-hydrogen) atoms. The highest BCUT2D eigenvalue weighted by atomic mass is 16.1. The molecular formula is C19H28O. The number of allylic oxidation sites excluding steroid dienone is 2. The van der Waals surface area contributed by atoms with Gasteiger partial charge in [-0.15, -0.1) is 0 Å². The molecule has 0 heterocycles. The van der Waals surface area contributed by atoms with Crippen LogP contribution < -0.4 is 0 Å². The van der Waals surface area contributed by atoms with Gasteiger partial charge >= 0.3 is 0 Å². The first-order chi connectivity index (χ1) is 9.55. The van der Waals surface area contributed by atoms with Crippen molar-refractivity contribution in [2.24, 2.45) is 34.5 Å². The zero-order chi connectivity index (χ0) is 14.0. The van der Waals surface area contributed by atoms with Gasteiger partial charge in [0.05, 0.1) is 0 Å². The van der Waals surface area contributed by atoms with Crippen molar-refractivity contribution in [2.75, 3.05) is 0 Å². The quantitative estimate of drug-likeness (QED) is 0.581. The van der Waals surface area contributed by atoms with E-state index in [4.69, 9.17) is 0 Å². The van der Waals surface area contributed by atoms with Gasteiger partial charge in [-0.05, 0) is 67.1 Å². The number of fused-ring (bicyclic) bond motifs is 5. The van der Waals surface area contributed by atoms with Gasteiger partial charge in [0, 0.05) is 12.3 Å². The monoisotopic (exact) mass is 272 g/mol. The van der Waals surface area contributed by atoms with Crippen molar-refractivity contribution in [3.05, 3.63) is 12.2 Å². The summed E-state index contributed by atoms with van der Waals surface area (Å²) in [6.07, 6.45) is 14.7. The summed E-state index contributed by atoms with van der Waals surface area (Å²) in [6.45, 7) is 4.98. The highest BCUT2D eigenvalue weighted by molar-refractivity contribution is 5.83. The number of ketones is 1. The second-order valence-electron chi connectivity index (χ2n) is 8.61. The maximum atomic E-state index is 12.9. The minimum Gasteiger partial charge on any atom is -0.299 e. The second kappa shape index (κ2) is 4.21. The summed E-state index contributed by atoms with van der Waals surface area (Å²) >= 11 is 0. The van der Waals surface area contributed by atoms with Crippen molar-refractivity contribution in [3.63, 3.8) is 0 Å². The molecule has 0 aromatic rings. The molecule has 3 saturated carbocycles. The molecule has 4 aliphatic rings. The summed E-state index contributed by atoms with van der Waals surface area (Å²) in [5, 5.41) is 0. The predicted molar refractivity (Wildman–Crippen MR) is 81.3 cm³/mol. The van der Waals surface area contributed by atoms with Gasteiger partial charge in [0.15, 0.2) is 0 Å². The molecule has 0 unspecified atom stereocenters. The minimum absolute atomic E-state index is 0.406. The number of hydrogen-bond donors (Lipinski definition) is 0. The van der Waals surface area contributed by atoms with Crippen molar-refractivity contribution in [2.45, 2.75) is 65.2 Å². The first-order valence-electron chi connectivity index (χ1n) is 8.72. The van der Waals surface area contributed by atoms with Crippen LogP contribution in [-0.4, -0.2) is 5.78 Å². The number of carbonyl (C=O) groups is 1. The molecule has 0 N–H and O–H groups in total. The highest BCUT2D eigenvalue weighted by Gasteiger charge is 2.59. The Bertz CT molecular complexity index is 464. The van der Waals surface area contributed by atoms with E-state index in [9.17, 15) is 4.79 Å². The molecule has 6 atom stereocenters. The second-order valence-corrected chi connectivity index (χ2v) is 8.61. The van der Waals surface area contributed by atoms with Gasteiger partial charge < -0.3 is 0 Å². The summed E-state index contributed by atoms with van der Waals surface area (Å²) in [5.41, 5.74) is 0.905. The molecule has 0 aromatic carbocycles. The van der Waals surface area contributed by atoms with E-state index in [0.29, 0.717) is 40.3 Å². The Morgan fingerprint density at radius 3 is 2.80 bits per heavy atom. The van der Waals surface area contributed by atoms with Crippen LogP contribution in [0.3, 0.4) is 0 Å². The lowest BCUT2D eigenvalue weighted by Gasteiger charge is -2.58. The van der Waals surface area contributed by atoms with Gasteiger partial charge in [0.2, 0.25) is 0 Å². The Balaban J connectivity index is 1.73. The molecular weight excluding hydrogens is 244 g/mol. The maximum Gasteiger partial charge on any atom is 0.136 e. The largest absolute Gasteiger partial charge is 0.299 e. The van der Waals surface area contributed by atoms with Gasteiger partial charge in [0.1, 0.15) is 5.78 Å². The topological polar surface area (TPSA) is 17.1 Å². The summed E-state index contributed by atoms with van der Waals surface area (Å²) < 4.78 is 0. The number of carbonyl (C=O) groups excluding carboxylic acids is 1. The third kappa shape index (κ3) is 1.58. The van der Waals surface area contributed by atoms with Gasteiger partial charge in [-0.25, -0.2) is 0 Å². The number of rotatable bonds is 0. The third-order valence-electron chi connectivity index (χ3n) is 7.80. The normalized spacial score (nSPS) is 54.2. The molecule has 4 aliphatic carbocycles. The lowest BCUT2D eigenvalue weighted by Crippen LogP contribution is -2.55. The van der Waals surface area contributed by atoms with Gasteiger partial charge in [-0.3, -0.25) is 4.79 Å². The summed E-state index contributed by atoms with van der Waals surface area (Å²) in [7, 11) is 0. The molecule has 4 rings (SSSR count). The van der Waals surface area contributed by atoms with Crippen molar-refractivity contribution < 1.29 is 4.79 Å². The highest BCUT2D eigenvalue weighted by Crippen LogP contribution is 2.64. The lowest BCUT2D eigenvalue weighted by atomic mass is 9.46. The third-order valence-corrected chi connectivity index (χ3v) is 7.80. The van der Waals surface area contributed by atoms with Crippen LogP contribution >= 0.6 is 0 Å². The van der Waals surface area contributed by atoms with Crippen LogP contribution in [0.4, 0.5) is 0 Å². The van der Waals surface area contributed by atoms with E-state index in [1.807, 2.05) is 0 Å². The van der Waals surface area contributed by atoms with Crippen molar-refractivity contribution in [1.82, 2.24) is 0 Å². The van der Waals surface area contributed by atoms with Crippen LogP contribution in [-0.2, 0) is 4.79 Å². The first-order valence-corrected chi connectivity index (χ1v) is 8.72. The summed E-state index contributed by atoms with van der Waals surface area (Å²) in [5.74, 6) is 3.05. The molecule has 0 aliphatic heterocycles. The fraction of sp³-hybridized carbons (Fsp3) is 0.842. The van der Waals surface area contributed by atoms with Gasteiger partial charge in [-0.1, -0.05) is 32.4 Å². The smallest absolute Gasteiger partial charge is 0.136 e. The fourth-order valence-corrected chi connectivity index (χ4v) is 6.50. The van der Waals surface area contributed by atoms with Crippen molar-refractivity contribution >= 4 is 5.78 Å². The van der Waals surface area contributed by atoms with Crippen molar-refractivity contribution in [3.8, 4) is 0 Å². The molecule has 0 radical (unpaired) electrons. The molecule has 3 fully saturated rings. The molecule has 0 saturated heterocycles. The van der Waals surface area contributed by atoms with Crippen LogP contribution in [0.15, 0.2) is 12.2 Å². The Morgan fingerprint density at radius 2 is 1.95 bits per heavy atom. The molecule has 0 bridgehead atoms. The van der Waals surface area contributed by atoms with E-state index in [-0.39, 0.29) is 0 Å². The molecule has 1 nitrogen and oxygen atoms in total. The Labute approximate surface area is 123 Å². The Hall–Kier alpha value is -0.590. The van der Waals surface area contributed by atoms with E-state index in [1.54, 1.807) is 0 Å². The van der Waals surface area contributed by atoms with E-state index in [0.717, 1.165) is 12.8 Å². The summed E-state index contributed by atoms with van der Waals surface area (Å²) in [4.78, 5) is 12.9. The lowest BCUT2D eigenvalue weighted by molar-refractivity contribution is -0.150. The maximum absolute atomic E-state index is 12.9. The van der Waals surface area contributed by atoms with E-state index in [1.165, 1.54) is 38.5 Å². The molecule has 0 aromatic heterocycles.